The Hall–Kier alpha value is -2.08. The lowest BCUT2D eigenvalue weighted by Gasteiger charge is -2.42. The normalized spacial score (nSPS) is 23.3. The van der Waals surface area contributed by atoms with Gasteiger partial charge in [0.2, 0.25) is 0 Å². The average molecular weight is 311 g/mol. The van der Waals surface area contributed by atoms with Crippen LogP contribution in [0.4, 0.5) is 5.82 Å². The molecular weight excluding hydrogens is 290 g/mol. The maximum absolute atomic E-state index is 6.09. The molecule has 0 N–H and O–H groups in total. The van der Waals surface area contributed by atoms with Gasteiger partial charge in [-0.3, -0.25) is 4.98 Å². The first-order chi connectivity index (χ1) is 11.4. The highest BCUT2D eigenvalue weighted by Gasteiger charge is 2.45. The van der Waals surface area contributed by atoms with E-state index in [9.17, 15) is 0 Å². The van der Waals surface area contributed by atoms with Gasteiger partial charge in [0.15, 0.2) is 0 Å². The lowest BCUT2D eigenvalue weighted by molar-refractivity contribution is 0.0355. The summed E-state index contributed by atoms with van der Waals surface area (Å²) >= 11 is 0. The summed E-state index contributed by atoms with van der Waals surface area (Å²) in [6.45, 7) is 2.90. The molecule has 2 aromatic heterocycles. The Balaban J connectivity index is 1.44. The van der Waals surface area contributed by atoms with E-state index in [4.69, 9.17) is 4.74 Å². The highest BCUT2D eigenvalue weighted by molar-refractivity contribution is 5.36. The molecule has 2 aliphatic rings. The quantitative estimate of drug-likeness (QED) is 0.862. The van der Waals surface area contributed by atoms with E-state index in [0.717, 1.165) is 56.8 Å². The number of rotatable bonds is 3. The average Bonchev–Trinajstić information content (AvgIpc) is 2.99. The third-order valence-electron chi connectivity index (χ3n) is 5.27. The van der Waals surface area contributed by atoms with Crippen molar-refractivity contribution in [1.82, 2.24) is 19.9 Å². The topological polar surface area (TPSA) is 64.0 Å². The number of aromatic nitrogens is 4. The molecule has 2 fully saturated rings. The summed E-state index contributed by atoms with van der Waals surface area (Å²) in [4.78, 5) is 19.2. The van der Waals surface area contributed by atoms with Crippen molar-refractivity contribution in [3.63, 3.8) is 0 Å². The monoisotopic (exact) mass is 311 g/mol. The van der Waals surface area contributed by atoms with Crippen LogP contribution in [0.2, 0.25) is 0 Å². The van der Waals surface area contributed by atoms with Gasteiger partial charge in [0.25, 0.3) is 0 Å². The number of anilines is 1. The summed E-state index contributed by atoms with van der Waals surface area (Å²) in [6.07, 6.45) is 15.3. The highest BCUT2D eigenvalue weighted by Crippen LogP contribution is 2.45. The van der Waals surface area contributed by atoms with Crippen LogP contribution in [0.15, 0.2) is 37.3 Å². The molecule has 0 amide bonds. The standard InChI is InChI=1S/C17H21N5O/c1-6-22(16-12-18-4-5-21-16)7-2-17(1)3-8-23-15(17)9-14-10-19-13-20-11-14/h4-5,10-13,15H,1-3,6-9H2/t15-/m1/s1. The molecule has 1 spiro atoms. The number of piperidine rings is 1. The summed E-state index contributed by atoms with van der Waals surface area (Å²) in [5.41, 5.74) is 1.45. The van der Waals surface area contributed by atoms with Crippen LogP contribution >= 0.6 is 0 Å². The minimum Gasteiger partial charge on any atom is -0.377 e. The molecule has 0 radical (unpaired) electrons. The molecular formula is C17H21N5O. The molecule has 0 saturated carbocycles. The minimum atomic E-state index is 0.275. The summed E-state index contributed by atoms with van der Waals surface area (Å²) in [6, 6.07) is 0. The van der Waals surface area contributed by atoms with Gasteiger partial charge in [0, 0.05) is 56.3 Å². The predicted octanol–water partition coefficient (Wildman–Crippen LogP) is 1.88. The Labute approximate surface area is 136 Å². The van der Waals surface area contributed by atoms with Crippen LogP contribution in [-0.4, -0.2) is 45.7 Å². The molecule has 6 heteroatoms. The molecule has 2 saturated heterocycles. The first-order valence-corrected chi connectivity index (χ1v) is 8.22. The van der Waals surface area contributed by atoms with Crippen LogP contribution in [0.1, 0.15) is 24.8 Å². The van der Waals surface area contributed by atoms with Gasteiger partial charge in [-0.2, -0.15) is 0 Å². The molecule has 23 heavy (non-hydrogen) atoms. The summed E-state index contributed by atoms with van der Waals surface area (Å²) in [5.74, 6) is 0.981. The van der Waals surface area contributed by atoms with E-state index < -0.39 is 0 Å². The van der Waals surface area contributed by atoms with Crippen LogP contribution in [0.25, 0.3) is 0 Å². The molecule has 2 aliphatic heterocycles. The summed E-state index contributed by atoms with van der Waals surface area (Å²) < 4.78 is 6.09. The third kappa shape index (κ3) is 2.91. The molecule has 6 nitrogen and oxygen atoms in total. The molecule has 0 bridgehead atoms. The second-order valence-electron chi connectivity index (χ2n) is 6.47. The smallest absolute Gasteiger partial charge is 0.147 e. The van der Waals surface area contributed by atoms with Crippen LogP contribution in [-0.2, 0) is 11.2 Å². The number of hydrogen-bond acceptors (Lipinski definition) is 6. The minimum absolute atomic E-state index is 0.275. The van der Waals surface area contributed by atoms with Gasteiger partial charge in [-0.1, -0.05) is 0 Å². The zero-order valence-electron chi connectivity index (χ0n) is 13.1. The van der Waals surface area contributed by atoms with Gasteiger partial charge in [-0.15, -0.1) is 0 Å². The second-order valence-corrected chi connectivity index (χ2v) is 6.47. The van der Waals surface area contributed by atoms with Crippen LogP contribution < -0.4 is 4.90 Å². The van der Waals surface area contributed by atoms with Crippen molar-refractivity contribution in [2.24, 2.45) is 5.41 Å². The Morgan fingerprint density at radius 3 is 2.61 bits per heavy atom. The molecule has 0 unspecified atom stereocenters. The van der Waals surface area contributed by atoms with E-state index in [1.54, 1.807) is 18.7 Å². The molecule has 1 atom stereocenters. The van der Waals surface area contributed by atoms with E-state index in [-0.39, 0.29) is 11.5 Å². The van der Waals surface area contributed by atoms with Crippen molar-refractivity contribution in [3.05, 3.63) is 42.9 Å². The number of ether oxygens (including phenoxy) is 1. The number of hydrogen-bond donors (Lipinski definition) is 0. The molecule has 0 aliphatic carbocycles. The molecule has 120 valence electrons. The van der Waals surface area contributed by atoms with Crippen molar-refractivity contribution >= 4 is 5.82 Å². The third-order valence-corrected chi connectivity index (χ3v) is 5.27. The Bertz CT molecular complexity index is 628. The molecule has 0 aromatic carbocycles. The Morgan fingerprint density at radius 1 is 1.04 bits per heavy atom. The first kappa shape index (κ1) is 14.5. The van der Waals surface area contributed by atoms with Crippen LogP contribution in [0.5, 0.6) is 0 Å². The van der Waals surface area contributed by atoms with E-state index in [2.05, 4.69) is 24.8 Å². The lowest BCUT2D eigenvalue weighted by Crippen LogP contribution is -2.45. The van der Waals surface area contributed by atoms with Gasteiger partial charge in [0.1, 0.15) is 12.1 Å². The van der Waals surface area contributed by atoms with Gasteiger partial charge >= 0.3 is 0 Å². The van der Waals surface area contributed by atoms with Gasteiger partial charge in [-0.25, -0.2) is 15.0 Å². The maximum Gasteiger partial charge on any atom is 0.147 e. The SMILES string of the molecule is c1cnc(N2CCC3(CCO[C@@H]3Cc3cncnc3)CC2)cn1. The van der Waals surface area contributed by atoms with E-state index in [1.165, 1.54) is 0 Å². The fourth-order valence-corrected chi connectivity index (χ4v) is 3.87. The maximum atomic E-state index is 6.09. The van der Waals surface area contributed by atoms with Crippen molar-refractivity contribution in [2.75, 3.05) is 24.6 Å². The van der Waals surface area contributed by atoms with Crippen molar-refractivity contribution in [1.29, 1.82) is 0 Å². The van der Waals surface area contributed by atoms with Gasteiger partial charge in [-0.05, 0) is 24.8 Å². The van der Waals surface area contributed by atoms with E-state index >= 15 is 0 Å². The first-order valence-electron chi connectivity index (χ1n) is 8.22. The predicted molar refractivity (Wildman–Crippen MR) is 86.0 cm³/mol. The zero-order chi connectivity index (χ0) is 15.5. The van der Waals surface area contributed by atoms with Crippen LogP contribution in [0, 0.1) is 5.41 Å². The fourth-order valence-electron chi connectivity index (χ4n) is 3.87. The molecule has 4 heterocycles. The van der Waals surface area contributed by atoms with E-state index in [1.807, 2.05) is 18.6 Å². The van der Waals surface area contributed by atoms with Crippen LogP contribution in [0.3, 0.4) is 0 Å². The Morgan fingerprint density at radius 2 is 1.87 bits per heavy atom. The largest absolute Gasteiger partial charge is 0.377 e. The van der Waals surface area contributed by atoms with Gasteiger partial charge < -0.3 is 9.64 Å². The fraction of sp³-hybridized carbons (Fsp3) is 0.529. The van der Waals surface area contributed by atoms with Gasteiger partial charge in [0.05, 0.1) is 12.3 Å². The Kier molecular flexibility index (Phi) is 3.91. The molecule has 4 rings (SSSR count). The second kappa shape index (κ2) is 6.20. The van der Waals surface area contributed by atoms with Crippen molar-refractivity contribution < 1.29 is 4.74 Å². The number of nitrogens with zero attached hydrogens (tertiary/aromatic N) is 5. The zero-order valence-corrected chi connectivity index (χ0v) is 13.1. The van der Waals surface area contributed by atoms with Crippen molar-refractivity contribution in [2.45, 2.75) is 31.8 Å². The summed E-state index contributed by atoms with van der Waals surface area (Å²) in [7, 11) is 0. The van der Waals surface area contributed by atoms with E-state index in [0.29, 0.717) is 0 Å². The summed E-state index contributed by atoms with van der Waals surface area (Å²) in [5, 5.41) is 0. The van der Waals surface area contributed by atoms with Crippen molar-refractivity contribution in [3.8, 4) is 0 Å². The molecule has 2 aromatic rings. The lowest BCUT2D eigenvalue weighted by atomic mass is 9.71. The highest BCUT2D eigenvalue weighted by atomic mass is 16.5.